The molecule has 52 valence electrons. The van der Waals surface area contributed by atoms with Crippen molar-refractivity contribution in [2.24, 2.45) is 11.8 Å². The molecule has 0 aromatic heterocycles. The molecule has 0 amide bonds. The van der Waals surface area contributed by atoms with Crippen LogP contribution in [0.15, 0.2) is 0 Å². The third-order valence-corrected chi connectivity index (χ3v) is 2.04. The van der Waals surface area contributed by atoms with E-state index in [1.165, 1.54) is 0 Å². The molecule has 0 unspecified atom stereocenters. The highest BCUT2D eigenvalue weighted by Crippen LogP contribution is 2.20. The monoisotopic (exact) mass is 128 g/mol. The number of carbonyl (C=O) groups excluding carboxylic acids is 1. The van der Waals surface area contributed by atoms with Gasteiger partial charge in [-0.15, -0.1) is 0 Å². The van der Waals surface area contributed by atoms with Gasteiger partial charge in [0.15, 0.2) is 0 Å². The molecule has 1 saturated heterocycles. The molecule has 1 aliphatic heterocycles. The average molecular weight is 128 g/mol. The Morgan fingerprint density at radius 2 is 2.22 bits per heavy atom. The van der Waals surface area contributed by atoms with E-state index in [1.54, 1.807) is 0 Å². The van der Waals surface area contributed by atoms with Crippen molar-refractivity contribution >= 4 is 5.97 Å². The van der Waals surface area contributed by atoms with Crippen molar-refractivity contribution in [3.63, 3.8) is 0 Å². The molecular weight excluding hydrogens is 116 g/mol. The standard InChI is InChI=1S/C7H12O2/c1-5-3-4-9-7(8)6(5)2/h5-6H,3-4H2,1-2H3/t5-,6+/m0/s1. The van der Waals surface area contributed by atoms with E-state index in [-0.39, 0.29) is 11.9 Å². The van der Waals surface area contributed by atoms with E-state index in [2.05, 4.69) is 6.92 Å². The molecule has 0 radical (unpaired) electrons. The van der Waals surface area contributed by atoms with Gasteiger partial charge in [-0.1, -0.05) is 13.8 Å². The van der Waals surface area contributed by atoms with Crippen LogP contribution in [0.5, 0.6) is 0 Å². The fraction of sp³-hybridized carbons (Fsp3) is 0.857. The zero-order chi connectivity index (χ0) is 6.85. The van der Waals surface area contributed by atoms with Gasteiger partial charge in [0, 0.05) is 0 Å². The lowest BCUT2D eigenvalue weighted by atomic mass is 9.91. The van der Waals surface area contributed by atoms with Crippen molar-refractivity contribution in [3.8, 4) is 0 Å². The van der Waals surface area contributed by atoms with Crippen LogP contribution in [0.25, 0.3) is 0 Å². The summed E-state index contributed by atoms with van der Waals surface area (Å²) in [6, 6.07) is 0. The van der Waals surface area contributed by atoms with E-state index in [9.17, 15) is 4.79 Å². The number of esters is 1. The second-order valence-electron chi connectivity index (χ2n) is 2.72. The van der Waals surface area contributed by atoms with Crippen LogP contribution in [0.2, 0.25) is 0 Å². The molecular formula is C7H12O2. The zero-order valence-corrected chi connectivity index (χ0v) is 5.89. The summed E-state index contributed by atoms with van der Waals surface area (Å²) in [4.78, 5) is 10.8. The van der Waals surface area contributed by atoms with E-state index in [1.807, 2.05) is 6.92 Å². The minimum Gasteiger partial charge on any atom is -0.465 e. The van der Waals surface area contributed by atoms with Crippen LogP contribution in [-0.4, -0.2) is 12.6 Å². The van der Waals surface area contributed by atoms with Gasteiger partial charge in [-0.25, -0.2) is 0 Å². The Kier molecular flexibility index (Phi) is 1.74. The average Bonchev–Trinajstić information content (AvgIpc) is 1.83. The Bertz CT molecular complexity index is 120. The maximum Gasteiger partial charge on any atom is 0.308 e. The maximum absolute atomic E-state index is 10.8. The molecule has 2 heteroatoms. The van der Waals surface area contributed by atoms with Crippen LogP contribution in [0.1, 0.15) is 20.3 Å². The molecule has 0 saturated carbocycles. The second kappa shape index (κ2) is 2.38. The molecule has 2 nitrogen and oxygen atoms in total. The van der Waals surface area contributed by atoms with Crippen molar-refractivity contribution in [1.29, 1.82) is 0 Å². The molecule has 0 N–H and O–H groups in total. The van der Waals surface area contributed by atoms with Gasteiger partial charge >= 0.3 is 5.97 Å². The van der Waals surface area contributed by atoms with Gasteiger partial charge < -0.3 is 4.74 Å². The summed E-state index contributed by atoms with van der Waals surface area (Å²) in [5.41, 5.74) is 0. The SMILES string of the molecule is C[C@H]1CCOC(=O)[C@@H]1C. The Balaban J connectivity index is 2.51. The van der Waals surface area contributed by atoms with Crippen molar-refractivity contribution in [2.75, 3.05) is 6.61 Å². The summed E-state index contributed by atoms with van der Waals surface area (Å²) >= 11 is 0. The van der Waals surface area contributed by atoms with Gasteiger partial charge in [0.25, 0.3) is 0 Å². The number of ether oxygens (including phenoxy) is 1. The van der Waals surface area contributed by atoms with Crippen LogP contribution in [0.4, 0.5) is 0 Å². The van der Waals surface area contributed by atoms with E-state index in [4.69, 9.17) is 4.74 Å². The molecule has 1 aliphatic rings. The van der Waals surface area contributed by atoms with Crippen molar-refractivity contribution < 1.29 is 9.53 Å². The smallest absolute Gasteiger partial charge is 0.308 e. The first kappa shape index (κ1) is 6.59. The lowest BCUT2D eigenvalue weighted by Gasteiger charge is -2.23. The number of hydrogen-bond acceptors (Lipinski definition) is 2. The largest absolute Gasteiger partial charge is 0.465 e. The Morgan fingerprint density at radius 3 is 2.67 bits per heavy atom. The summed E-state index contributed by atoms with van der Waals surface area (Å²) in [7, 11) is 0. The zero-order valence-electron chi connectivity index (χ0n) is 5.89. The highest BCUT2D eigenvalue weighted by molar-refractivity contribution is 5.72. The fourth-order valence-corrected chi connectivity index (χ4v) is 0.959. The molecule has 0 spiro atoms. The summed E-state index contributed by atoms with van der Waals surface area (Å²) in [6.45, 7) is 4.63. The highest BCUT2D eigenvalue weighted by atomic mass is 16.5. The molecule has 1 heterocycles. The second-order valence-corrected chi connectivity index (χ2v) is 2.72. The van der Waals surface area contributed by atoms with Crippen LogP contribution in [0, 0.1) is 11.8 Å². The Morgan fingerprint density at radius 1 is 1.56 bits per heavy atom. The van der Waals surface area contributed by atoms with Crippen LogP contribution < -0.4 is 0 Å². The molecule has 0 aliphatic carbocycles. The maximum atomic E-state index is 10.8. The predicted octanol–water partition coefficient (Wildman–Crippen LogP) is 1.21. The van der Waals surface area contributed by atoms with Crippen LogP contribution in [-0.2, 0) is 9.53 Å². The summed E-state index contributed by atoms with van der Waals surface area (Å²) in [5.74, 6) is 0.582. The third-order valence-electron chi connectivity index (χ3n) is 2.04. The van der Waals surface area contributed by atoms with Crippen molar-refractivity contribution in [1.82, 2.24) is 0 Å². The molecule has 0 bridgehead atoms. The van der Waals surface area contributed by atoms with E-state index in [0.29, 0.717) is 12.5 Å². The first-order valence-corrected chi connectivity index (χ1v) is 3.38. The minimum atomic E-state index is -0.0336. The topological polar surface area (TPSA) is 26.3 Å². The third kappa shape index (κ3) is 1.23. The first-order valence-electron chi connectivity index (χ1n) is 3.38. The number of hydrogen-bond donors (Lipinski definition) is 0. The van der Waals surface area contributed by atoms with Gasteiger partial charge in [0.05, 0.1) is 12.5 Å². The van der Waals surface area contributed by atoms with E-state index < -0.39 is 0 Å². The molecule has 0 aromatic rings. The molecule has 1 rings (SSSR count). The lowest BCUT2D eigenvalue weighted by Crippen LogP contribution is -2.28. The number of rotatable bonds is 0. The van der Waals surface area contributed by atoms with Crippen LogP contribution in [0.3, 0.4) is 0 Å². The molecule has 2 atom stereocenters. The Hall–Kier alpha value is -0.530. The highest BCUT2D eigenvalue weighted by Gasteiger charge is 2.25. The van der Waals surface area contributed by atoms with Crippen LogP contribution >= 0.6 is 0 Å². The lowest BCUT2D eigenvalue weighted by molar-refractivity contribution is -0.155. The van der Waals surface area contributed by atoms with Gasteiger partial charge in [-0.05, 0) is 12.3 Å². The van der Waals surface area contributed by atoms with E-state index >= 15 is 0 Å². The normalized spacial score (nSPS) is 36.0. The Labute approximate surface area is 55.2 Å². The number of carbonyl (C=O) groups is 1. The first-order chi connectivity index (χ1) is 4.22. The summed E-state index contributed by atoms with van der Waals surface area (Å²) < 4.78 is 4.82. The molecule has 1 fully saturated rings. The summed E-state index contributed by atoms with van der Waals surface area (Å²) in [5, 5.41) is 0. The van der Waals surface area contributed by atoms with Gasteiger partial charge in [-0.2, -0.15) is 0 Å². The van der Waals surface area contributed by atoms with Crippen molar-refractivity contribution in [3.05, 3.63) is 0 Å². The van der Waals surface area contributed by atoms with Crippen molar-refractivity contribution in [2.45, 2.75) is 20.3 Å². The van der Waals surface area contributed by atoms with E-state index in [0.717, 1.165) is 6.42 Å². The number of cyclic esters (lactones) is 1. The minimum absolute atomic E-state index is 0.0336. The predicted molar refractivity (Wildman–Crippen MR) is 33.9 cm³/mol. The van der Waals surface area contributed by atoms with Gasteiger partial charge in [0.2, 0.25) is 0 Å². The van der Waals surface area contributed by atoms with Gasteiger partial charge in [0.1, 0.15) is 0 Å². The fourth-order valence-electron chi connectivity index (χ4n) is 0.959. The molecule has 9 heavy (non-hydrogen) atoms. The summed E-state index contributed by atoms with van der Waals surface area (Å²) in [6.07, 6.45) is 1.02. The van der Waals surface area contributed by atoms with Gasteiger partial charge in [-0.3, -0.25) is 4.79 Å². The molecule has 0 aromatic carbocycles. The quantitative estimate of drug-likeness (QED) is 0.458.